The third kappa shape index (κ3) is 4.08. The van der Waals surface area contributed by atoms with Crippen LogP contribution in [0.25, 0.3) is 10.6 Å². The van der Waals surface area contributed by atoms with Crippen LogP contribution in [0.4, 0.5) is 0 Å². The highest BCUT2D eigenvalue weighted by molar-refractivity contribution is 7.80. The molecule has 0 aliphatic rings. The lowest BCUT2D eigenvalue weighted by Gasteiger charge is -2.00. The summed E-state index contributed by atoms with van der Waals surface area (Å²) in [7, 11) is 0. The summed E-state index contributed by atoms with van der Waals surface area (Å²) < 4.78 is 0. The van der Waals surface area contributed by atoms with Crippen molar-refractivity contribution in [3.05, 3.63) is 40.9 Å². The van der Waals surface area contributed by atoms with Gasteiger partial charge in [0.05, 0.1) is 12.1 Å². The summed E-state index contributed by atoms with van der Waals surface area (Å²) in [5.41, 5.74) is 3.14. The zero-order valence-corrected chi connectivity index (χ0v) is 12.4. The third-order valence-electron chi connectivity index (χ3n) is 2.63. The van der Waals surface area contributed by atoms with Crippen molar-refractivity contribution in [3.8, 4) is 10.6 Å². The number of carbonyl (C=O) groups is 1. The maximum atomic E-state index is 11.6. The van der Waals surface area contributed by atoms with Crippen molar-refractivity contribution in [1.29, 1.82) is 0 Å². The average Bonchev–Trinajstić information content (AvgIpc) is 2.85. The molecule has 2 aromatic rings. The summed E-state index contributed by atoms with van der Waals surface area (Å²) in [6.45, 7) is 2.65. The topological polar surface area (TPSA) is 42.0 Å². The van der Waals surface area contributed by atoms with E-state index in [9.17, 15) is 4.79 Å². The summed E-state index contributed by atoms with van der Waals surface area (Å²) in [5.74, 6) is 0.645. The summed E-state index contributed by atoms with van der Waals surface area (Å²) >= 11 is 5.62. The summed E-state index contributed by atoms with van der Waals surface area (Å²) in [6.07, 6.45) is 0.330. The summed E-state index contributed by atoms with van der Waals surface area (Å²) in [5, 5.41) is 5.68. The van der Waals surface area contributed by atoms with Crippen molar-refractivity contribution in [1.82, 2.24) is 10.3 Å². The van der Waals surface area contributed by atoms with Crippen LogP contribution in [0.2, 0.25) is 0 Å². The van der Waals surface area contributed by atoms with E-state index in [4.69, 9.17) is 0 Å². The Kier molecular flexibility index (Phi) is 4.99. The lowest BCUT2D eigenvalue weighted by molar-refractivity contribution is -0.120. The molecule has 0 saturated heterocycles. The number of carbonyl (C=O) groups excluding carboxylic acids is 1. The van der Waals surface area contributed by atoms with E-state index in [0.29, 0.717) is 18.7 Å². The highest BCUT2D eigenvalue weighted by Crippen LogP contribution is 2.24. The second-order valence-corrected chi connectivity index (χ2v) is 5.57. The molecule has 0 unspecified atom stereocenters. The molecule has 0 spiro atoms. The monoisotopic (exact) mass is 292 g/mol. The maximum Gasteiger partial charge on any atom is 0.226 e. The minimum Gasteiger partial charge on any atom is -0.355 e. The standard InChI is InChI=1S/C14H16N2OS2/c1-10-2-4-11(5-3-10)14-16-12(9-19-14)8-13(17)15-6-7-18/h2-5,9,18H,6-8H2,1H3,(H,15,17). The lowest BCUT2D eigenvalue weighted by Crippen LogP contribution is -2.26. The van der Waals surface area contributed by atoms with E-state index < -0.39 is 0 Å². The Morgan fingerprint density at radius 1 is 1.37 bits per heavy atom. The van der Waals surface area contributed by atoms with Gasteiger partial charge in [0.1, 0.15) is 5.01 Å². The number of amides is 1. The molecular formula is C14H16N2OS2. The van der Waals surface area contributed by atoms with Crippen molar-refractivity contribution in [3.63, 3.8) is 0 Å². The average molecular weight is 292 g/mol. The molecule has 0 radical (unpaired) electrons. The number of nitrogens with zero attached hydrogens (tertiary/aromatic N) is 1. The highest BCUT2D eigenvalue weighted by Gasteiger charge is 2.08. The Balaban J connectivity index is 2.02. The number of aryl methyl sites for hydroxylation is 1. The van der Waals surface area contributed by atoms with Crippen molar-refractivity contribution < 1.29 is 4.79 Å². The van der Waals surface area contributed by atoms with E-state index in [1.807, 2.05) is 5.38 Å². The fourth-order valence-corrected chi connectivity index (χ4v) is 2.58. The quantitative estimate of drug-likeness (QED) is 0.832. The molecule has 1 amide bonds. The Hall–Kier alpha value is -1.33. The number of thiol groups is 1. The molecule has 0 aliphatic heterocycles. The van der Waals surface area contributed by atoms with Gasteiger partial charge in [0, 0.05) is 23.2 Å². The van der Waals surface area contributed by atoms with Gasteiger partial charge in [0.2, 0.25) is 5.91 Å². The largest absolute Gasteiger partial charge is 0.355 e. The van der Waals surface area contributed by atoms with Gasteiger partial charge < -0.3 is 5.32 Å². The van der Waals surface area contributed by atoms with Crippen LogP contribution >= 0.6 is 24.0 Å². The van der Waals surface area contributed by atoms with E-state index in [-0.39, 0.29) is 5.91 Å². The molecule has 0 aliphatic carbocycles. The smallest absolute Gasteiger partial charge is 0.226 e. The maximum absolute atomic E-state index is 11.6. The van der Waals surface area contributed by atoms with Crippen molar-refractivity contribution in [2.24, 2.45) is 0 Å². The first-order valence-corrected chi connectivity index (χ1v) is 7.59. The highest BCUT2D eigenvalue weighted by atomic mass is 32.1. The normalized spacial score (nSPS) is 10.4. The molecule has 0 bridgehead atoms. The molecule has 1 N–H and O–H groups in total. The number of thiazole rings is 1. The van der Waals surface area contributed by atoms with Crippen molar-refractivity contribution in [2.75, 3.05) is 12.3 Å². The predicted octanol–water partition coefficient (Wildman–Crippen LogP) is 2.71. The van der Waals surface area contributed by atoms with Gasteiger partial charge in [-0.1, -0.05) is 29.8 Å². The van der Waals surface area contributed by atoms with Crippen LogP contribution in [-0.4, -0.2) is 23.2 Å². The Morgan fingerprint density at radius 2 is 2.11 bits per heavy atom. The third-order valence-corrected chi connectivity index (χ3v) is 3.79. The number of benzene rings is 1. The molecule has 0 fully saturated rings. The van der Waals surface area contributed by atoms with Gasteiger partial charge >= 0.3 is 0 Å². The van der Waals surface area contributed by atoms with Crippen molar-refractivity contribution >= 4 is 29.9 Å². The van der Waals surface area contributed by atoms with Crippen molar-refractivity contribution in [2.45, 2.75) is 13.3 Å². The molecule has 1 aromatic carbocycles. The van der Waals surface area contributed by atoms with Gasteiger partial charge in [-0.05, 0) is 6.92 Å². The van der Waals surface area contributed by atoms with Crippen LogP contribution in [0.5, 0.6) is 0 Å². The van der Waals surface area contributed by atoms with Gasteiger partial charge in [-0.3, -0.25) is 4.79 Å². The number of rotatable bonds is 5. The van der Waals surface area contributed by atoms with Gasteiger partial charge in [-0.2, -0.15) is 12.6 Å². The number of hydrogen-bond acceptors (Lipinski definition) is 4. The van der Waals surface area contributed by atoms with Gasteiger partial charge in [-0.25, -0.2) is 4.98 Å². The Labute approximate surface area is 122 Å². The molecule has 2 rings (SSSR count). The van der Waals surface area contributed by atoms with Crippen LogP contribution in [0.15, 0.2) is 29.6 Å². The van der Waals surface area contributed by atoms with E-state index in [1.165, 1.54) is 5.56 Å². The number of hydrogen-bond donors (Lipinski definition) is 2. The zero-order valence-electron chi connectivity index (χ0n) is 10.7. The lowest BCUT2D eigenvalue weighted by atomic mass is 10.2. The second-order valence-electron chi connectivity index (χ2n) is 4.26. The van der Waals surface area contributed by atoms with Crippen LogP contribution in [0, 0.1) is 6.92 Å². The zero-order chi connectivity index (χ0) is 13.7. The Morgan fingerprint density at radius 3 is 2.79 bits per heavy atom. The minimum absolute atomic E-state index is 0.00481. The fraction of sp³-hybridized carbons (Fsp3) is 0.286. The Bertz CT molecular complexity index is 549. The number of aromatic nitrogens is 1. The van der Waals surface area contributed by atoms with Crippen LogP contribution in [0.3, 0.4) is 0 Å². The molecule has 0 atom stereocenters. The minimum atomic E-state index is -0.00481. The first-order chi connectivity index (χ1) is 9.19. The van der Waals surface area contributed by atoms with E-state index in [1.54, 1.807) is 11.3 Å². The molecule has 0 saturated carbocycles. The van der Waals surface area contributed by atoms with Crippen LogP contribution < -0.4 is 5.32 Å². The molecule has 1 aromatic heterocycles. The number of nitrogens with one attached hydrogen (secondary N) is 1. The van der Waals surface area contributed by atoms with E-state index in [2.05, 4.69) is 54.1 Å². The van der Waals surface area contributed by atoms with Crippen LogP contribution in [0.1, 0.15) is 11.3 Å². The summed E-state index contributed by atoms with van der Waals surface area (Å²) in [4.78, 5) is 16.1. The van der Waals surface area contributed by atoms with E-state index in [0.717, 1.165) is 16.3 Å². The van der Waals surface area contributed by atoms with Gasteiger partial charge in [0.25, 0.3) is 0 Å². The second kappa shape index (κ2) is 6.73. The SMILES string of the molecule is Cc1ccc(-c2nc(CC(=O)NCCS)cs2)cc1. The predicted molar refractivity (Wildman–Crippen MR) is 82.9 cm³/mol. The fourth-order valence-electron chi connectivity index (χ4n) is 1.64. The molecule has 1 heterocycles. The molecule has 3 nitrogen and oxygen atoms in total. The molecular weight excluding hydrogens is 276 g/mol. The molecule has 5 heteroatoms. The van der Waals surface area contributed by atoms with Crippen LogP contribution in [-0.2, 0) is 11.2 Å². The first-order valence-electron chi connectivity index (χ1n) is 6.08. The van der Waals surface area contributed by atoms with E-state index >= 15 is 0 Å². The van der Waals surface area contributed by atoms with Gasteiger partial charge in [-0.15, -0.1) is 11.3 Å². The van der Waals surface area contributed by atoms with Gasteiger partial charge in [0.15, 0.2) is 0 Å². The molecule has 19 heavy (non-hydrogen) atoms. The summed E-state index contributed by atoms with van der Waals surface area (Å²) in [6, 6.07) is 8.24. The first kappa shape index (κ1) is 14.1. The molecule has 100 valence electrons.